The Bertz CT molecular complexity index is 549. The van der Waals surface area contributed by atoms with Gasteiger partial charge in [-0.2, -0.15) is 13.2 Å². The zero-order valence-corrected chi connectivity index (χ0v) is 9.98. The van der Waals surface area contributed by atoms with Crippen LogP contribution in [0.25, 0.3) is 11.3 Å². The lowest BCUT2D eigenvalue weighted by atomic mass is 10.0. The highest BCUT2D eigenvalue weighted by molar-refractivity contribution is 5.63. The fourth-order valence-electron chi connectivity index (χ4n) is 1.84. The maximum atomic E-state index is 12.5. The van der Waals surface area contributed by atoms with Gasteiger partial charge in [-0.05, 0) is 30.2 Å². The summed E-state index contributed by atoms with van der Waals surface area (Å²) in [5.74, 6) is 0. The predicted molar refractivity (Wildman–Crippen MR) is 65.5 cm³/mol. The van der Waals surface area contributed by atoms with Gasteiger partial charge in [0.15, 0.2) is 0 Å². The van der Waals surface area contributed by atoms with Crippen LogP contribution < -0.4 is 0 Å². The summed E-state index contributed by atoms with van der Waals surface area (Å²) in [6.07, 6.45) is -2.34. The van der Waals surface area contributed by atoms with Gasteiger partial charge in [-0.25, -0.2) is 0 Å². The number of hydrogen-bond acceptors (Lipinski definition) is 2. The van der Waals surface area contributed by atoms with E-state index in [-0.39, 0.29) is 6.61 Å². The molecule has 2 aromatic rings. The normalized spacial score (nSPS) is 11.6. The molecular weight excluding hydrogens is 255 g/mol. The highest BCUT2D eigenvalue weighted by atomic mass is 19.4. The highest BCUT2D eigenvalue weighted by Gasteiger charge is 2.30. The van der Waals surface area contributed by atoms with Crippen LogP contribution in [0.15, 0.2) is 42.6 Å². The average Bonchev–Trinajstić information content (AvgIpc) is 2.39. The second-order valence-electron chi connectivity index (χ2n) is 4.06. The molecule has 2 nitrogen and oxygen atoms in total. The van der Waals surface area contributed by atoms with Crippen LogP contribution in [-0.2, 0) is 12.6 Å². The Morgan fingerprint density at radius 3 is 2.32 bits per heavy atom. The van der Waals surface area contributed by atoms with Crippen molar-refractivity contribution in [2.75, 3.05) is 6.61 Å². The topological polar surface area (TPSA) is 33.1 Å². The fourth-order valence-corrected chi connectivity index (χ4v) is 1.84. The first kappa shape index (κ1) is 13.5. The Kier molecular flexibility index (Phi) is 3.85. The minimum Gasteiger partial charge on any atom is -0.396 e. The Hall–Kier alpha value is -1.88. The molecular formula is C14H12F3NO. The molecule has 0 spiro atoms. The number of hydrogen-bond donors (Lipinski definition) is 1. The van der Waals surface area contributed by atoms with E-state index >= 15 is 0 Å². The largest absolute Gasteiger partial charge is 0.416 e. The van der Waals surface area contributed by atoms with Crippen LogP contribution in [0, 0.1) is 0 Å². The van der Waals surface area contributed by atoms with E-state index < -0.39 is 11.7 Å². The molecule has 19 heavy (non-hydrogen) atoms. The van der Waals surface area contributed by atoms with Gasteiger partial charge < -0.3 is 5.11 Å². The molecule has 1 aromatic carbocycles. The Morgan fingerprint density at radius 2 is 1.74 bits per heavy atom. The first-order valence-electron chi connectivity index (χ1n) is 5.75. The van der Waals surface area contributed by atoms with Gasteiger partial charge in [0.05, 0.1) is 11.3 Å². The third-order valence-electron chi connectivity index (χ3n) is 2.76. The minimum absolute atomic E-state index is 0.0284. The van der Waals surface area contributed by atoms with E-state index in [1.165, 1.54) is 12.1 Å². The van der Waals surface area contributed by atoms with Gasteiger partial charge in [0.2, 0.25) is 0 Å². The molecule has 1 N–H and O–H groups in total. The number of pyridine rings is 1. The maximum absolute atomic E-state index is 12.5. The van der Waals surface area contributed by atoms with Crippen LogP contribution in [0.5, 0.6) is 0 Å². The molecule has 1 heterocycles. The zero-order chi connectivity index (χ0) is 13.9. The Balaban J connectivity index is 2.37. The summed E-state index contributed by atoms with van der Waals surface area (Å²) in [7, 11) is 0. The third kappa shape index (κ3) is 3.12. The van der Waals surface area contributed by atoms with Crippen molar-refractivity contribution in [2.24, 2.45) is 0 Å². The summed E-state index contributed by atoms with van der Waals surface area (Å²) in [5, 5.41) is 8.97. The maximum Gasteiger partial charge on any atom is 0.416 e. The quantitative estimate of drug-likeness (QED) is 0.925. The van der Waals surface area contributed by atoms with Crippen LogP contribution in [0.1, 0.15) is 11.1 Å². The lowest BCUT2D eigenvalue weighted by molar-refractivity contribution is -0.137. The summed E-state index contributed by atoms with van der Waals surface area (Å²) in [6.45, 7) is -0.0284. The van der Waals surface area contributed by atoms with Crippen molar-refractivity contribution >= 4 is 0 Å². The Morgan fingerprint density at radius 1 is 1.05 bits per heavy atom. The first-order valence-corrected chi connectivity index (χ1v) is 5.75. The predicted octanol–water partition coefficient (Wildman–Crippen LogP) is 3.30. The molecule has 0 saturated carbocycles. The molecule has 0 aliphatic heterocycles. The van der Waals surface area contributed by atoms with Crippen molar-refractivity contribution in [3.05, 3.63) is 53.7 Å². The molecule has 0 fully saturated rings. The fraction of sp³-hybridized carbons (Fsp3) is 0.214. The molecule has 0 radical (unpaired) electrons. The van der Waals surface area contributed by atoms with Gasteiger partial charge in [0.1, 0.15) is 0 Å². The number of aliphatic hydroxyl groups excluding tert-OH is 1. The van der Waals surface area contributed by atoms with Crippen molar-refractivity contribution in [3.8, 4) is 11.3 Å². The number of aliphatic hydroxyl groups is 1. The summed E-state index contributed by atoms with van der Waals surface area (Å²) < 4.78 is 37.4. The lowest BCUT2D eigenvalue weighted by Gasteiger charge is -2.10. The molecule has 0 atom stereocenters. The molecule has 0 aliphatic rings. The first-order chi connectivity index (χ1) is 9.02. The van der Waals surface area contributed by atoms with Gasteiger partial charge in [0.25, 0.3) is 0 Å². The van der Waals surface area contributed by atoms with Gasteiger partial charge in [-0.15, -0.1) is 0 Å². The number of nitrogens with zero attached hydrogens (tertiary/aromatic N) is 1. The highest BCUT2D eigenvalue weighted by Crippen LogP contribution is 2.31. The third-order valence-corrected chi connectivity index (χ3v) is 2.76. The standard InChI is InChI=1S/C14H12F3NO/c15-14(16,17)12-5-3-11(4-6-12)13-10(7-9-19)2-1-8-18-13/h1-6,8,19H,7,9H2. The Labute approximate surface area is 108 Å². The van der Waals surface area contributed by atoms with E-state index in [2.05, 4.69) is 4.98 Å². The van der Waals surface area contributed by atoms with E-state index in [1.807, 2.05) is 0 Å². The molecule has 0 unspecified atom stereocenters. The van der Waals surface area contributed by atoms with Gasteiger partial charge in [0, 0.05) is 18.4 Å². The molecule has 0 bridgehead atoms. The monoisotopic (exact) mass is 267 g/mol. The summed E-state index contributed by atoms with van der Waals surface area (Å²) >= 11 is 0. The summed E-state index contributed by atoms with van der Waals surface area (Å²) in [6, 6.07) is 8.40. The van der Waals surface area contributed by atoms with Crippen LogP contribution >= 0.6 is 0 Å². The van der Waals surface area contributed by atoms with Crippen molar-refractivity contribution in [2.45, 2.75) is 12.6 Å². The van der Waals surface area contributed by atoms with Gasteiger partial charge in [-0.3, -0.25) is 4.98 Å². The van der Waals surface area contributed by atoms with Crippen molar-refractivity contribution in [1.29, 1.82) is 0 Å². The zero-order valence-electron chi connectivity index (χ0n) is 9.98. The SMILES string of the molecule is OCCc1cccnc1-c1ccc(C(F)(F)F)cc1. The second kappa shape index (κ2) is 5.40. The molecule has 0 saturated heterocycles. The van der Waals surface area contributed by atoms with Crippen molar-refractivity contribution < 1.29 is 18.3 Å². The van der Waals surface area contributed by atoms with Crippen LogP contribution in [0.4, 0.5) is 13.2 Å². The molecule has 1 aromatic heterocycles. The average molecular weight is 267 g/mol. The van der Waals surface area contributed by atoms with Gasteiger partial charge >= 0.3 is 6.18 Å². The molecule has 100 valence electrons. The summed E-state index contributed by atoms with van der Waals surface area (Å²) in [5.41, 5.74) is 1.34. The number of benzene rings is 1. The second-order valence-corrected chi connectivity index (χ2v) is 4.06. The summed E-state index contributed by atoms with van der Waals surface area (Å²) in [4.78, 5) is 4.17. The van der Waals surface area contributed by atoms with E-state index in [4.69, 9.17) is 5.11 Å². The van der Waals surface area contributed by atoms with Crippen molar-refractivity contribution in [3.63, 3.8) is 0 Å². The van der Waals surface area contributed by atoms with Crippen LogP contribution in [0.2, 0.25) is 0 Å². The minimum atomic E-state index is -4.34. The van der Waals surface area contributed by atoms with E-state index in [0.29, 0.717) is 17.7 Å². The molecule has 5 heteroatoms. The van der Waals surface area contributed by atoms with Crippen molar-refractivity contribution in [1.82, 2.24) is 4.98 Å². The molecule has 0 aliphatic carbocycles. The number of rotatable bonds is 3. The van der Waals surface area contributed by atoms with E-state index in [1.54, 1.807) is 18.3 Å². The van der Waals surface area contributed by atoms with E-state index in [9.17, 15) is 13.2 Å². The smallest absolute Gasteiger partial charge is 0.396 e. The number of aromatic nitrogens is 1. The lowest BCUT2D eigenvalue weighted by Crippen LogP contribution is -2.04. The van der Waals surface area contributed by atoms with Crippen LogP contribution in [0.3, 0.4) is 0 Å². The molecule has 0 amide bonds. The van der Waals surface area contributed by atoms with E-state index in [0.717, 1.165) is 17.7 Å². The number of alkyl halides is 3. The number of halogens is 3. The van der Waals surface area contributed by atoms with Gasteiger partial charge in [-0.1, -0.05) is 18.2 Å². The molecule has 2 rings (SSSR count). The van der Waals surface area contributed by atoms with Crippen LogP contribution in [-0.4, -0.2) is 16.7 Å².